The molecule has 0 saturated carbocycles. The average molecular weight is 440 g/mol. The summed E-state index contributed by atoms with van der Waals surface area (Å²) < 4.78 is 73.1. The zero-order valence-electron chi connectivity index (χ0n) is 15.2. The van der Waals surface area contributed by atoms with Gasteiger partial charge in [-0.15, -0.1) is 13.2 Å². The van der Waals surface area contributed by atoms with Crippen molar-refractivity contribution in [3.63, 3.8) is 0 Å². The number of pyridine rings is 1. The van der Waals surface area contributed by atoms with E-state index in [1.165, 1.54) is 34.8 Å². The van der Waals surface area contributed by atoms with Crippen LogP contribution in [0.3, 0.4) is 0 Å². The second-order valence-corrected chi connectivity index (χ2v) is 8.47. The molecule has 1 aliphatic rings. The molecule has 0 unspecified atom stereocenters. The molecule has 158 valence electrons. The monoisotopic (exact) mass is 440 g/mol. The maximum Gasteiger partial charge on any atom is 0.573 e. The van der Waals surface area contributed by atoms with Gasteiger partial charge < -0.3 is 14.6 Å². The van der Waals surface area contributed by atoms with Gasteiger partial charge in [-0.25, -0.2) is 8.42 Å². The summed E-state index contributed by atoms with van der Waals surface area (Å²) in [5.74, 6) is -0.196. The number of benzene rings is 2. The Morgan fingerprint density at radius 3 is 2.37 bits per heavy atom. The first-order valence-electron chi connectivity index (χ1n) is 8.73. The fourth-order valence-electron chi connectivity index (χ4n) is 3.08. The highest BCUT2D eigenvalue weighted by Gasteiger charge is 2.39. The lowest BCUT2D eigenvalue weighted by molar-refractivity contribution is -0.274. The van der Waals surface area contributed by atoms with E-state index >= 15 is 0 Å². The molecule has 1 saturated heterocycles. The molecular weight excluding hydrogens is 425 g/mol. The molecule has 11 heteroatoms. The largest absolute Gasteiger partial charge is 0.573 e. The summed E-state index contributed by atoms with van der Waals surface area (Å²) in [6, 6.07) is 10.6. The van der Waals surface area contributed by atoms with Gasteiger partial charge in [-0.3, -0.25) is 4.98 Å². The van der Waals surface area contributed by atoms with Crippen molar-refractivity contribution in [3.05, 3.63) is 54.7 Å². The number of nitrogens with zero attached hydrogens (tertiary/aromatic N) is 2. The zero-order chi connectivity index (χ0) is 21.5. The fraction of sp³-hybridized carbons (Fsp3) is 0.211. The minimum Gasteiger partial charge on any atom is -0.506 e. The van der Waals surface area contributed by atoms with Crippen molar-refractivity contribution in [1.29, 1.82) is 0 Å². The van der Waals surface area contributed by atoms with Crippen LogP contribution in [0.2, 0.25) is 0 Å². The predicted molar refractivity (Wildman–Crippen MR) is 99.7 cm³/mol. The summed E-state index contributed by atoms with van der Waals surface area (Å²) >= 11 is 0. The summed E-state index contributed by atoms with van der Waals surface area (Å²) in [5.41, 5.74) is 0.188. The van der Waals surface area contributed by atoms with E-state index in [0.717, 1.165) is 12.1 Å². The van der Waals surface area contributed by atoms with Gasteiger partial charge in [0.15, 0.2) is 0 Å². The SMILES string of the molecule is O=S(=O)(c1ccc(O)c2ncccc12)N1CC(Oc2ccc(OC(F)(F)F)cc2)C1. The van der Waals surface area contributed by atoms with E-state index in [1.54, 1.807) is 12.1 Å². The zero-order valence-corrected chi connectivity index (χ0v) is 16.0. The normalized spacial score (nSPS) is 15.7. The van der Waals surface area contributed by atoms with Gasteiger partial charge in [-0.1, -0.05) is 0 Å². The third-order valence-electron chi connectivity index (χ3n) is 4.50. The van der Waals surface area contributed by atoms with E-state index in [9.17, 15) is 26.7 Å². The number of hydrogen-bond acceptors (Lipinski definition) is 6. The fourth-order valence-corrected chi connectivity index (χ4v) is 4.77. The Morgan fingerprint density at radius 1 is 1.03 bits per heavy atom. The Balaban J connectivity index is 1.44. The number of alkyl halides is 3. The van der Waals surface area contributed by atoms with Crippen LogP contribution in [0.4, 0.5) is 13.2 Å². The quantitative estimate of drug-likeness (QED) is 0.655. The van der Waals surface area contributed by atoms with Gasteiger partial charge in [0, 0.05) is 11.6 Å². The van der Waals surface area contributed by atoms with E-state index in [1.807, 2.05) is 0 Å². The number of sulfonamides is 1. The van der Waals surface area contributed by atoms with Crippen molar-refractivity contribution < 1.29 is 36.2 Å². The molecule has 1 aliphatic heterocycles. The van der Waals surface area contributed by atoms with Crippen molar-refractivity contribution in [2.45, 2.75) is 17.4 Å². The summed E-state index contributed by atoms with van der Waals surface area (Å²) in [6.07, 6.45) is -3.77. The third-order valence-corrected chi connectivity index (χ3v) is 6.39. The highest BCUT2D eigenvalue weighted by atomic mass is 32.2. The second kappa shape index (κ2) is 7.33. The molecule has 30 heavy (non-hydrogen) atoms. The van der Waals surface area contributed by atoms with E-state index in [2.05, 4.69) is 9.72 Å². The van der Waals surface area contributed by atoms with Crippen LogP contribution in [0.25, 0.3) is 10.9 Å². The molecule has 2 heterocycles. The minimum absolute atomic E-state index is 0.0236. The Kier molecular flexibility index (Phi) is 4.94. The van der Waals surface area contributed by atoms with Crippen LogP contribution >= 0.6 is 0 Å². The van der Waals surface area contributed by atoms with Crippen LogP contribution in [0.1, 0.15) is 0 Å². The first kappa shape index (κ1) is 20.2. The maximum absolute atomic E-state index is 13.0. The molecule has 0 atom stereocenters. The van der Waals surface area contributed by atoms with Gasteiger partial charge in [-0.2, -0.15) is 4.31 Å². The molecule has 4 rings (SSSR count). The number of aromatic hydroxyl groups is 1. The number of halogens is 3. The lowest BCUT2D eigenvalue weighted by Gasteiger charge is -2.38. The lowest BCUT2D eigenvalue weighted by Crippen LogP contribution is -2.55. The van der Waals surface area contributed by atoms with E-state index < -0.39 is 22.5 Å². The average Bonchev–Trinajstić information content (AvgIpc) is 2.64. The molecule has 0 aliphatic carbocycles. The standard InChI is InChI=1S/C19H15F3N2O5S/c20-19(21,22)29-13-5-3-12(4-6-13)28-14-10-24(11-14)30(26,27)17-8-7-16(25)18-15(17)2-1-9-23-18/h1-9,14,25H,10-11H2. The van der Waals surface area contributed by atoms with Crippen molar-refractivity contribution in [3.8, 4) is 17.2 Å². The molecule has 1 N–H and O–H groups in total. The van der Waals surface area contributed by atoms with Crippen molar-refractivity contribution in [2.75, 3.05) is 13.1 Å². The predicted octanol–water partition coefficient (Wildman–Crippen LogP) is 3.29. The molecule has 3 aromatic rings. The molecule has 0 bridgehead atoms. The van der Waals surface area contributed by atoms with Crippen LogP contribution in [-0.4, -0.2) is 48.4 Å². The summed E-state index contributed by atoms with van der Waals surface area (Å²) in [6.45, 7) is 0.150. The number of ether oxygens (including phenoxy) is 2. The first-order valence-corrected chi connectivity index (χ1v) is 10.2. The van der Waals surface area contributed by atoms with E-state index in [-0.39, 0.29) is 35.0 Å². The van der Waals surface area contributed by atoms with Gasteiger partial charge in [0.05, 0.1) is 18.0 Å². The molecule has 7 nitrogen and oxygen atoms in total. The second-order valence-electron chi connectivity index (χ2n) is 6.56. The molecule has 1 aromatic heterocycles. The van der Waals surface area contributed by atoms with E-state index in [4.69, 9.17) is 4.74 Å². The molecular formula is C19H15F3N2O5S. The van der Waals surface area contributed by atoms with Crippen molar-refractivity contribution in [2.24, 2.45) is 0 Å². The van der Waals surface area contributed by atoms with Gasteiger partial charge in [0.2, 0.25) is 10.0 Å². The van der Waals surface area contributed by atoms with Crippen LogP contribution < -0.4 is 9.47 Å². The molecule has 0 spiro atoms. The molecule has 1 fully saturated rings. The van der Waals surface area contributed by atoms with Crippen molar-refractivity contribution in [1.82, 2.24) is 9.29 Å². The molecule has 2 aromatic carbocycles. The first-order chi connectivity index (χ1) is 14.1. The highest BCUT2D eigenvalue weighted by molar-refractivity contribution is 7.89. The number of fused-ring (bicyclic) bond motifs is 1. The Morgan fingerprint density at radius 2 is 1.70 bits per heavy atom. The van der Waals surface area contributed by atoms with E-state index in [0.29, 0.717) is 11.1 Å². The summed E-state index contributed by atoms with van der Waals surface area (Å²) in [4.78, 5) is 4.04. The Labute approximate surface area is 169 Å². The number of aromatic nitrogens is 1. The third kappa shape index (κ3) is 3.98. The number of hydrogen-bond donors (Lipinski definition) is 1. The minimum atomic E-state index is -4.78. The number of phenols is 1. The number of rotatable bonds is 5. The van der Waals surface area contributed by atoms with Gasteiger partial charge >= 0.3 is 6.36 Å². The van der Waals surface area contributed by atoms with Crippen molar-refractivity contribution >= 4 is 20.9 Å². The summed E-state index contributed by atoms with van der Waals surface area (Å²) in [7, 11) is -3.84. The van der Waals surface area contributed by atoms with Gasteiger partial charge in [0.1, 0.15) is 28.9 Å². The van der Waals surface area contributed by atoms with Crippen LogP contribution in [-0.2, 0) is 10.0 Å². The van der Waals surface area contributed by atoms with Crippen LogP contribution in [0, 0.1) is 0 Å². The van der Waals surface area contributed by atoms with Crippen LogP contribution in [0.5, 0.6) is 17.2 Å². The Bertz CT molecular complexity index is 1180. The molecule has 0 amide bonds. The number of phenolic OH excluding ortho intramolecular Hbond substituents is 1. The Hall–Kier alpha value is -3.05. The van der Waals surface area contributed by atoms with Crippen LogP contribution in [0.15, 0.2) is 59.6 Å². The highest BCUT2D eigenvalue weighted by Crippen LogP contribution is 2.33. The van der Waals surface area contributed by atoms with Gasteiger partial charge in [-0.05, 0) is 48.5 Å². The molecule has 0 radical (unpaired) electrons. The smallest absolute Gasteiger partial charge is 0.506 e. The van der Waals surface area contributed by atoms with Gasteiger partial charge in [0.25, 0.3) is 0 Å². The maximum atomic E-state index is 13.0. The topological polar surface area (TPSA) is 89.0 Å². The summed E-state index contributed by atoms with van der Waals surface area (Å²) in [5, 5.41) is 10.2. The lowest BCUT2D eigenvalue weighted by atomic mass is 10.2.